The molecule has 0 spiro atoms. The van der Waals surface area contributed by atoms with E-state index in [9.17, 15) is 0 Å². The van der Waals surface area contributed by atoms with E-state index in [1.54, 1.807) is 7.05 Å². The Morgan fingerprint density at radius 2 is 1.39 bits per heavy atom. The minimum absolute atomic E-state index is 0. The summed E-state index contributed by atoms with van der Waals surface area (Å²) < 4.78 is 5.22. The molecule has 0 aliphatic carbocycles. The molecule has 0 atom stereocenters. The second kappa shape index (κ2) is 11.9. The van der Waals surface area contributed by atoms with Crippen LogP contribution in [-0.2, 0) is 4.74 Å². The standard InChI is InChI=1S/C10H21N2O.2C2H6.Rf/c1-7-13-8(11)9(2,3)10(4,5)12-6;2*1-2;/h11H,7H2,1-6H3;2*1-2H3;/q-1;;;. The van der Waals surface area contributed by atoms with Crippen molar-refractivity contribution in [1.82, 2.24) is 0 Å². The van der Waals surface area contributed by atoms with Crippen LogP contribution in [0.1, 0.15) is 62.3 Å². The molecule has 0 aromatic heterocycles. The van der Waals surface area contributed by atoms with Crippen molar-refractivity contribution in [2.75, 3.05) is 13.7 Å². The average Bonchev–Trinajstić information content (AvgIpc) is 2.34. The van der Waals surface area contributed by atoms with Crippen LogP contribution in [0.4, 0.5) is 0 Å². The Balaban J connectivity index is -0.000000177. The summed E-state index contributed by atoms with van der Waals surface area (Å²) in [6, 6.07) is 0. The normalized spacial score (nSPS) is 9.89. The predicted molar refractivity (Wildman–Crippen MR) is 79.2 cm³/mol. The summed E-state index contributed by atoms with van der Waals surface area (Å²) in [5.41, 5.74) is -0.614. The van der Waals surface area contributed by atoms with Crippen LogP contribution in [0.3, 0.4) is 0 Å². The van der Waals surface area contributed by atoms with Crippen molar-refractivity contribution in [2.45, 2.75) is 67.9 Å². The van der Waals surface area contributed by atoms with Gasteiger partial charge in [-0.15, -0.1) is 5.54 Å². The van der Waals surface area contributed by atoms with Crippen LogP contribution in [0.15, 0.2) is 0 Å². The van der Waals surface area contributed by atoms with Crippen LogP contribution >= 0.6 is 0 Å². The van der Waals surface area contributed by atoms with Gasteiger partial charge in [-0.25, -0.2) is 0 Å². The van der Waals surface area contributed by atoms with Crippen LogP contribution in [0.25, 0.3) is 5.32 Å². The maximum atomic E-state index is 7.77. The molecule has 108 valence electrons. The summed E-state index contributed by atoms with van der Waals surface area (Å²) in [5.74, 6) is 0.311. The smallest absolute Gasteiger partial charge is 0.184 e. The van der Waals surface area contributed by atoms with Crippen molar-refractivity contribution in [3.63, 3.8) is 0 Å². The fourth-order valence-electron chi connectivity index (χ4n) is 0.882. The fourth-order valence-corrected chi connectivity index (χ4v) is 0.882. The van der Waals surface area contributed by atoms with Gasteiger partial charge in [0.05, 0.1) is 6.61 Å². The zero-order valence-electron chi connectivity index (χ0n) is 14.3. The van der Waals surface area contributed by atoms with Gasteiger partial charge in [-0.1, -0.05) is 55.4 Å². The largest absolute Gasteiger partial charge is 0.659 e. The molecule has 0 amide bonds. The summed E-state index contributed by atoms with van der Waals surface area (Å²) >= 11 is 0. The predicted octanol–water partition coefficient (Wildman–Crippen LogP) is 4.86. The number of nitrogens with zero attached hydrogens (tertiary/aromatic N) is 1. The molecule has 0 radical (unpaired) electrons. The third kappa shape index (κ3) is 6.89. The minimum atomic E-state index is -0.349. The van der Waals surface area contributed by atoms with Crippen LogP contribution in [-0.4, -0.2) is 25.1 Å². The summed E-state index contributed by atoms with van der Waals surface area (Å²) in [5, 5.41) is 12.0. The molecule has 0 bridgehead atoms. The van der Waals surface area contributed by atoms with E-state index in [1.807, 2.05) is 62.3 Å². The van der Waals surface area contributed by atoms with Crippen molar-refractivity contribution in [3.05, 3.63) is 5.32 Å². The molecule has 4 heteroatoms. The molecule has 0 unspecified atom stereocenters. The number of hydrogen-bond acceptors (Lipinski definition) is 2. The molecule has 0 aliphatic rings. The third-order valence-electron chi connectivity index (χ3n) is 2.94. The van der Waals surface area contributed by atoms with E-state index in [0.29, 0.717) is 12.5 Å². The zero-order valence-corrected chi connectivity index (χ0v) is 20.7. The Labute approximate surface area is 109 Å². The van der Waals surface area contributed by atoms with Crippen molar-refractivity contribution < 1.29 is 4.74 Å². The van der Waals surface area contributed by atoms with Gasteiger partial charge < -0.3 is 10.1 Å². The van der Waals surface area contributed by atoms with Crippen LogP contribution in [0.5, 0.6) is 0 Å². The van der Waals surface area contributed by atoms with Gasteiger partial charge >= 0.3 is 0 Å². The van der Waals surface area contributed by atoms with Crippen molar-refractivity contribution >= 4 is 5.90 Å². The molecule has 0 saturated heterocycles. The summed E-state index contributed by atoms with van der Waals surface area (Å²) in [7, 11) is 1.78. The topological polar surface area (TPSA) is 47.2 Å². The monoisotopic (exact) mass is 512 g/mol. The van der Waals surface area contributed by atoms with E-state index in [-0.39, 0.29) is 11.0 Å². The molecule has 3 nitrogen and oxygen atoms in total. The van der Waals surface area contributed by atoms with Gasteiger partial charge in [0.25, 0.3) is 0 Å². The van der Waals surface area contributed by atoms with Crippen molar-refractivity contribution in [2.24, 2.45) is 5.41 Å². The Hall–Kier alpha value is -1.57. The third-order valence-corrected chi connectivity index (χ3v) is 2.94. The summed E-state index contributed by atoms with van der Waals surface area (Å²) in [6.07, 6.45) is 0. The fraction of sp³-hybridized carbons (Fsp3) is 0.929. The average molecular weight is 512 g/mol. The SMILES string of the molecule is CC.CC.CCOC(=N)C(C)(C)C(C)(C)[N-]C.[Rf]. The Kier molecular flexibility index (Phi) is 16.7. The van der Waals surface area contributed by atoms with Gasteiger partial charge in [0.2, 0.25) is 0 Å². The summed E-state index contributed by atoms with van der Waals surface area (Å²) in [6.45, 7) is 18.4. The molecule has 0 aromatic rings. The molecule has 0 heterocycles. The first-order chi connectivity index (χ1) is 7.79. The van der Waals surface area contributed by atoms with Crippen molar-refractivity contribution in [1.29, 1.82) is 5.41 Å². The van der Waals surface area contributed by atoms with Crippen LogP contribution in [0.2, 0.25) is 0 Å². The molecule has 0 fully saturated rings. The van der Waals surface area contributed by atoms with Crippen molar-refractivity contribution in [3.8, 4) is 0 Å². The Morgan fingerprint density at radius 1 is 1.06 bits per heavy atom. The van der Waals surface area contributed by atoms with Crippen LogP contribution in [0, 0.1) is 10.8 Å². The quantitative estimate of drug-likeness (QED) is 0.425. The Bertz CT molecular complexity index is 192. The number of ether oxygens (including phenoxy) is 1. The van der Waals surface area contributed by atoms with Gasteiger partial charge in [0.1, 0.15) is 0 Å². The van der Waals surface area contributed by atoms with Crippen LogP contribution < -0.4 is 0 Å². The van der Waals surface area contributed by atoms with E-state index < -0.39 is 0 Å². The molecule has 1 N–H and O–H groups in total. The van der Waals surface area contributed by atoms with Gasteiger partial charge in [-0.3, -0.25) is 5.41 Å². The van der Waals surface area contributed by atoms with Gasteiger partial charge in [-0.2, -0.15) is 7.05 Å². The van der Waals surface area contributed by atoms with E-state index in [2.05, 4.69) is 5.32 Å². The minimum Gasteiger partial charge on any atom is -0.659 e. The molecule has 18 heavy (non-hydrogen) atoms. The molecular weight excluding hydrogens is 479 g/mol. The van der Waals surface area contributed by atoms with E-state index in [4.69, 9.17) is 10.1 Å². The van der Waals surface area contributed by atoms with Gasteiger partial charge in [0.15, 0.2) is 5.90 Å². The number of rotatable bonds is 4. The first kappa shape index (κ1) is 25.3. The molecule has 0 aromatic carbocycles. The zero-order chi connectivity index (χ0) is 14.7. The second-order valence-electron chi connectivity index (χ2n) is 4.17. The first-order valence-electron chi connectivity index (χ1n) is 6.62. The summed E-state index contributed by atoms with van der Waals surface area (Å²) in [4.78, 5) is 0. The van der Waals surface area contributed by atoms with Gasteiger partial charge in [0, 0.05) is 5.41 Å². The molecule has 0 rings (SSSR count). The molecular formula is C14H33N2ORf-. The van der Waals surface area contributed by atoms with E-state index in [0.717, 1.165) is 0 Å². The molecule has 0 saturated carbocycles. The second-order valence-corrected chi connectivity index (χ2v) is 4.17. The Morgan fingerprint density at radius 3 is 1.61 bits per heavy atom. The van der Waals surface area contributed by atoms with E-state index in [1.165, 1.54) is 0 Å². The number of nitrogens with one attached hydrogen (secondary N) is 1. The maximum Gasteiger partial charge on any atom is 0.184 e. The first-order valence-corrected chi connectivity index (χ1v) is 6.62. The van der Waals surface area contributed by atoms with E-state index >= 15 is 0 Å². The number of hydrogen-bond donors (Lipinski definition) is 1. The molecule has 0 aliphatic heterocycles. The maximum absolute atomic E-state index is 7.77. The van der Waals surface area contributed by atoms with Gasteiger partial charge in [-0.05, 0) is 6.92 Å².